The zero-order valence-electron chi connectivity index (χ0n) is 16.3. The van der Waals surface area contributed by atoms with Crippen molar-refractivity contribution in [1.82, 2.24) is 14.8 Å². The fourth-order valence-corrected chi connectivity index (χ4v) is 3.53. The number of hydrogen-bond donors (Lipinski definition) is 1. The number of anilines is 1. The van der Waals surface area contributed by atoms with Crippen LogP contribution in [0.3, 0.4) is 0 Å². The number of rotatable bonds is 4. The second kappa shape index (κ2) is 8.67. The van der Waals surface area contributed by atoms with E-state index < -0.39 is 0 Å². The van der Waals surface area contributed by atoms with Crippen LogP contribution in [0.25, 0.3) is 22.2 Å². The maximum Gasteiger partial charge on any atom is 0.256 e. The number of carbonyl (C=O) groups is 1. The minimum atomic E-state index is -0.139. The van der Waals surface area contributed by atoms with Crippen molar-refractivity contribution in [2.75, 3.05) is 5.32 Å². The van der Waals surface area contributed by atoms with Gasteiger partial charge >= 0.3 is 0 Å². The second-order valence-corrected chi connectivity index (χ2v) is 6.85. The number of furan rings is 1. The van der Waals surface area contributed by atoms with Crippen LogP contribution in [0.1, 0.15) is 29.8 Å². The molecule has 0 aliphatic heterocycles. The molecule has 0 aliphatic rings. The maximum absolute atomic E-state index is 12.4. The van der Waals surface area contributed by atoms with Crippen LogP contribution in [0.2, 0.25) is 0 Å². The number of thiazole rings is 1. The zero-order chi connectivity index (χ0) is 20.1. The predicted octanol–water partition coefficient (Wildman–Crippen LogP) is 5.39. The Morgan fingerprint density at radius 2 is 1.96 bits per heavy atom. The van der Waals surface area contributed by atoms with Crippen molar-refractivity contribution in [2.24, 2.45) is 7.05 Å². The molecule has 7 heteroatoms. The van der Waals surface area contributed by atoms with E-state index in [-0.39, 0.29) is 5.91 Å². The summed E-state index contributed by atoms with van der Waals surface area (Å²) in [7, 11) is 1.86. The Labute approximate surface area is 167 Å². The highest BCUT2D eigenvalue weighted by atomic mass is 32.1. The first kappa shape index (κ1) is 19.6. The molecule has 0 bridgehead atoms. The Balaban J connectivity index is 0.00000109. The van der Waals surface area contributed by atoms with E-state index in [4.69, 9.17) is 4.42 Å². The summed E-state index contributed by atoms with van der Waals surface area (Å²) in [5.74, 6) is 0.566. The fourth-order valence-electron chi connectivity index (χ4n) is 2.67. The summed E-state index contributed by atoms with van der Waals surface area (Å²) >= 11 is 1.41. The highest BCUT2D eigenvalue weighted by molar-refractivity contribution is 7.19. The third-order valence-corrected chi connectivity index (χ3v) is 4.94. The number of nitrogens with zero attached hydrogens (tertiary/aromatic N) is 3. The molecule has 3 heterocycles. The number of carbonyl (C=O) groups excluding carboxylic acids is 1. The van der Waals surface area contributed by atoms with Crippen molar-refractivity contribution >= 4 is 22.2 Å². The van der Waals surface area contributed by atoms with E-state index in [9.17, 15) is 4.79 Å². The van der Waals surface area contributed by atoms with Crippen LogP contribution in [-0.4, -0.2) is 20.7 Å². The van der Waals surface area contributed by atoms with E-state index in [0.29, 0.717) is 16.3 Å². The molecule has 0 fully saturated rings. The predicted molar refractivity (Wildman–Crippen MR) is 112 cm³/mol. The molecule has 0 radical (unpaired) electrons. The number of aryl methyl sites for hydroxylation is 2. The molecular formula is C21H22N4O2S. The first-order chi connectivity index (χ1) is 13.6. The van der Waals surface area contributed by atoms with Gasteiger partial charge in [-0.25, -0.2) is 4.98 Å². The molecule has 0 spiro atoms. The lowest BCUT2D eigenvalue weighted by Gasteiger charge is -2.04. The standard InChI is InChI=1S/C19H16N4O2S.C2H6/c1-12-6-3-4-7-13(12)18(24)21-17-11-20-19(26-17)15-10-14(22-23(15)2)16-8-5-9-25-16;1-2/h3-11H,1-2H3,(H,21,24);1-2H3. The topological polar surface area (TPSA) is 73.0 Å². The van der Waals surface area contributed by atoms with Crippen molar-refractivity contribution in [3.8, 4) is 22.2 Å². The maximum atomic E-state index is 12.4. The fraction of sp³-hybridized carbons (Fsp3) is 0.190. The van der Waals surface area contributed by atoms with Crippen LogP contribution in [0, 0.1) is 6.92 Å². The van der Waals surface area contributed by atoms with Gasteiger partial charge in [0.15, 0.2) is 5.76 Å². The summed E-state index contributed by atoms with van der Waals surface area (Å²) in [4.78, 5) is 16.9. The van der Waals surface area contributed by atoms with Gasteiger partial charge in [0.25, 0.3) is 5.91 Å². The third kappa shape index (κ3) is 4.04. The van der Waals surface area contributed by atoms with Gasteiger partial charge in [-0.15, -0.1) is 0 Å². The lowest BCUT2D eigenvalue weighted by atomic mass is 10.1. The van der Waals surface area contributed by atoms with Gasteiger partial charge in [-0.05, 0) is 36.8 Å². The van der Waals surface area contributed by atoms with E-state index in [1.54, 1.807) is 17.1 Å². The molecule has 6 nitrogen and oxygen atoms in total. The van der Waals surface area contributed by atoms with Crippen LogP contribution in [0.15, 0.2) is 59.3 Å². The van der Waals surface area contributed by atoms with Crippen LogP contribution in [0.4, 0.5) is 5.00 Å². The number of benzene rings is 1. The van der Waals surface area contributed by atoms with Crippen molar-refractivity contribution in [2.45, 2.75) is 20.8 Å². The summed E-state index contributed by atoms with van der Waals surface area (Å²) in [5.41, 5.74) is 3.19. The lowest BCUT2D eigenvalue weighted by molar-refractivity contribution is 0.102. The molecule has 0 unspecified atom stereocenters. The average Bonchev–Trinajstić information content (AvgIpc) is 3.44. The molecule has 4 rings (SSSR count). The van der Waals surface area contributed by atoms with Gasteiger partial charge in [0.1, 0.15) is 15.7 Å². The van der Waals surface area contributed by atoms with Crippen LogP contribution >= 0.6 is 11.3 Å². The highest BCUT2D eigenvalue weighted by Gasteiger charge is 2.15. The van der Waals surface area contributed by atoms with E-state index in [0.717, 1.165) is 22.0 Å². The van der Waals surface area contributed by atoms with E-state index in [1.807, 2.05) is 70.3 Å². The van der Waals surface area contributed by atoms with Crippen LogP contribution in [0.5, 0.6) is 0 Å². The molecule has 1 N–H and O–H groups in total. The van der Waals surface area contributed by atoms with Crippen molar-refractivity contribution in [3.63, 3.8) is 0 Å². The SMILES string of the molecule is CC.Cc1ccccc1C(=O)Nc1cnc(-c2cc(-c3ccco3)nn2C)s1. The zero-order valence-corrected chi connectivity index (χ0v) is 17.1. The molecule has 0 saturated heterocycles. The molecule has 0 saturated carbocycles. The second-order valence-electron chi connectivity index (χ2n) is 5.81. The van der Waals surface area contributed by atoms with Crippen molar-refractivity contribution in [1.29, 1.82) is 0 Å². The Morgan fingerprint density at radius 3 is 2.68 bits per heavy atom. The largest absolute Gasteiger partial charge is 0.463 e. The molecule has 0 atom stereocenters. The monoisotopic (exact) mass is 394 g/mol. The number of amides is 1. The van der Waals surface area contributed by atoms with Gasteiger partial charge in [0.05, 0.1) is 18.2 Å². The van der Waals surface area contributed by atoms with Gasteiger partial charge < -0.3 is 9.73 Å². The molecular weight excluding hydrogens is 372 g/mol. The Bertz CT molecular complexity index is 1060. The van der Waals surface area contributed by atoms with Crippen molar-refractivity contribution < 1.29 is 9.21 Å². The molecule has 1 amide bonds. The van der Waals surface area contributed by atoms with Crippen molar-refractivity contribution in [3.05, 3.63) is 66.1 Å². The van der Waals surface area contributed by atoms with E-state index in [2.05, 4.69) is 15.4 Å². The Morgan fingerprint density at radius 1 is 1.18 bits per heavy atom. The normalized spacial score (nSPS) is 10.3. The summed E-state index contributed by atoms with van der Waals surface area (Å²) in [6.45, 7) is 5.92. The summed E-state index contributed by atoms with van der Waals surface area (Å²) in [6.07, 6.45) is 3.28. The van der Waals surface area contributed by atoms with Gasteiger partial charge in [0, 0.05) is 12.6 Å². The number of aromatic nitrogens is 3. The average molecular weight is 395 g/mol. The van der Waals surface area contributed by atoms with Gasteiger partial charge in [-0.2, -0.15) is 5.10 Å². The number of hydrogen-bond acceptors (Lipinski definition) is 5. The Kier molecular flexibility index (Phi) is 6.06. The lowest BCUT2D eigenvalue weighted by Crippen LogP contribution is -2.12. The minimum Gasteiger partial charge on any atom is -0.463 e. The molecule has 3 aromatic heterocycles. The van der Waals surface area contributed by atoms with Gasteiger partial charge in [0.2, 0.25) is 0 Å². The molecule has 1 aromatic carbocycles. The molecule has 0 aliphatic carbocycles. The van der Waals surface area contributed by atoms with Gasteiger partial charge in [-0.3, -0.25) is 9.48 Å². The van der Waals surface area contributed by atoms with Gasteiger partial charge in [-0.1, -0.05) is 43.4 Å². The Hall–Kier alpha value is -3.19. The molecule has 4 aromatic rings. The summed E-state index contributed by atoms with van der Waals surface area (Å²) in [5, 5.41) is 8.84. The quantitative estimate of drug-likeness (QED) is 0.504. The number of nitrogens with one attached hydrogen (secondary N) is 1. The van der Waals surface area contributed by atoms with Crippen LogP contribution < -0.4 is 5.32 Å². The molecule has 144 valence electrons. The van der Waals surface area contributed by atoms with Crippen LogP contribution in [-0.2, 0) is 7.05 Å². The van der Waals surface area contributed by atoms with E-state index >= 15 is 0 Å². The smallest absolute Gasteiger partial charge is 0.256 e. The summed E-state index contributed by atoms with van der Waals surface area (Å²) < 4.78 is 7.15. The molecule has 28 heavy (non-hydrogen) atoms. The first-order valence-corrected chi connectivity index (χ1v) is 9.84. The highest BCUT2D eigenvalue weighted by Crippen LogP contribution is 2.31. The third-order valence-electron chi connectivity index (χ3n) is 4.00. The summed E-state index contributed by atoms with van der Waals surface area (Å²) in [6, 6.07) is 13.1. The minimum absolute atomic E-state index is 0.139. The van der Waals surface area contributed by atoms with E-state index in [1.165, 1.54) is 11.3 Å². The first-order valence-electron chi connectivity index (χ1n) is 9.03.